The first-order chi connectivity index (χ1) is 9.02. The molecule has 0 bridgehead atoms. The smallest absolute Gasteiger partial charge is 0.299 e. The van der Waals surface area contributed by atoms with Crippen LogP contribution >= 0.6 is 11.6 Å². The average molecular weight is 284 g/mol. The van der Waals surface area contributed by atoms with E-state index in [0.29, 0.717) is 12.8 Å². The Labute approximate surface area is 113 Å². The summed E-state index contributed by atoms with van der Waals surface area (Å²) in [5, 5.41) is 9.94. The molecule has 0 radical (unpaired) electrons. The molecule has 0 unspecified atom stereocenters. The lowest BCUT2D eigenvalue weighted by molar-refractivity contribution is -0.115. The van der Waals surface area contributed by atoms with Crippen molar-refractivity contribution < 1.29 is 19.1 Å². The molecule has 1 amide bonds. The van der Waals surface area contributed by atoms with Crippen LogP contribution in [0.4, 0.5) is 10.1 Å². The monoisotopic (exact) mass is 283 g/mol. The van der Waals surface area contributed by atoms with Crippen LogP contribution in [0.3, 0.4) is 0 Å². The van der Waals surface area contributed by atoms with Crippen molar-refractivity contribution in [2.75, 3.05) is 4.90 Å². The molecule has 1 heterocycles. The summed E-state index contributed by atoms with van der Waals surface area (Å²) in [5.74, 6) is -2.29. The summed E-state index contributed by atoms with van der Waals surface area (Å²) < 4.78 is 14.0. The maximum absolute atomic E-state index is 14.0. The molecule has 1 fully saturated rings. The van der Waals surface area contributed by atoms with Crippen molar-refractivity contribution in [2.24, 2.45) is 0 Å². The number of fused-ring (bicyclic) bond motifs is 1. The van der Waals surface area contributed by atoms with Gasteiger partial charge in [-0.1, -0.05) is 11.6 Å². The minimum Gasteiger partial charge on any atom is -0.391 e. The van der Waals surface area contributed by atoms with E-state index in [1.54, 1.807) is 0 Å². The number of halogens is 2. The van der Waals surface area contributed by atoms with Gasteiger partial charge in [0.1, 0.15) is 5.82 Å². The highest BCUT2D eigenvalue weighted by Crippen LogP contribution is 2.40. The Morgan fingerprint density at radius 2 is 2.05 bits per heavy atom. The van der Waals surface area contributed by atoms with Crippen molar-refractivity contribution in [2.45, 2.75) is 31.4 Å². The molecule has 2 aliphatic rings. The van der Waals surface area contributed by atoms with Crippen molar-refractivity contribution in [1.29, 1.82) is 0 Å². The molecule has 19 heavy (non-hydrogen) atoms. The third-order valence-corrected chi connectivity index (χ3v) is 4.05. The Bertz CT molecular complexity index is 589. The molecular formula is C13H11ClFNO3. The van der Waals surface area contributed by atoms with Gasteiger partial charge in [0.05, 0.1) is 28.4 Å². The van der Waals surface area contributed by atoms with Gasteiger partial charge in [0.15, 0.2) is 0 Å². The van der Waals surface area contributed by atoms with Crippen molar-refractivity contribution in [1.82, 2.24) is 0 Å². The Morgan fingerprint density at radius 3 is 2.68 bits per heavy atom. The molecule has 0 saturated heterocycles. The van der Waals surface area contributed by atoms with Crippen LogP contribution in [-0.2, 0) is 4.79 Å². The second-order valence-corrected chi connectivity index (χ2v) is 5.23. The molecule has 0 aromatic heterocycles. The van der Waals surface area contributed by atoms with Crippen LogP contribution in [-0.4, -0.2) is 28.9 Å². The summed E-state index contributed by atoms with van der Waals surface area (Å²) in [4.78, 5) is 25.0. The van der Waals surface area contributed by atoms with Gasteiger partial charge < -0.3 is 5.11 Å². The number of hydrogen-bond acceptors (Lipinski definition) is 3. The predicted molar refractivity (Wildman–Crippen MR) is 66.9 cm³/mol. The summed E-state index contributed by atoms with van der Waals surface area (Å²) in [5.41, 5.74) is -0.181. The van der Waals surface area contributed by atoms with Crippen molar-refractivity contribution in [3.63, 3.8) is 0 Å². The Kier molecular flexibility index (Phi) is 2.83. The van der Waals surface area contributed by atoms with Gasteiger partial charge in [0, 0.05) is 0 Å². The first kappa shape index (κ1) is 12.6. The molecule has 1 aromatic carbocycles. The van der Waals surface area contributed by atoms with E-state index in [0.717, 1.165) is 17.4 Å². The maximum atomic E-state index is 14.0. The number of nitrogens with zero attached hydrogens (tertiary/aromatic N) is 1. The minimum absolute atomic E-state index is 0.0599. The van der Waals surface area contributed by atoms with Gasteiger partial charge in [-0.3, -0.25) is 14.5 Å². The van der Waals surface area contributed by atoms with Crippen molar-refractivity contribution >= 4 is 29.0 Å². The van der Waals surface area contributed by atoms with Gasteiger partial charge in [0.25, 0.3) is 11.7 Å². The number of aliphatic hydroxyl groups is 1. The number of amides is 1. The van der Waals surface area contributed by atoms with Crippen LogP contribution in [0.25, 0.3) is 0 Å². The Balaban J connectivity index is 2.17. The third kappa shape index (κ3) is 1.69. The summed E-state index contributed by atoms with van der Waals surface area (Å²) in [6.07, 6.45) is 1.09. The van der Waals surface area contributed by atoms with Gasteiger partial charge in [-0.25, -0.2) is 4.39 Å². The number of anilines is 1. The molecule has 1 saturated carbocycles. The number of aliphatic hydroxyl groups excluding tert-OH is 1. The summed E-state index contributed by atoms with van der Waals surface area (Å²) in [6.45, 7) is 0. The van der Waals surface area contributed by atoms with E-state index in [1.807, 2.05) is 0 Å². The number of carbonyl (C=O) groups excluding carboxylic acids is 2. The fourth-order valence-corrected chi connectivity index (χ4v) is 3.09. The van der Waals surface area contributed by atoms with Crippen LogP contribution in [0, 0.1) is 5.82 Å². The van der Waals surface area contributed by atoms with Crippen LogP contribution < -0.4 is 4.90 Å². The number of ketones is 1. The lowest BCUT2D eigenvalue weighted by Crippen LogP contribution is -2.44. The highest BCUT2D eigenvalue weighted by molar-refractivity contribution is 6.55. The molecule has 4 nitrogen and oxygen atoms in total. The number of benzene rings is 1. The zero-order valence-electron chi connectivity index (χ0n) is 9.90. The number of Topliss-reactive ketones (excluding diaryl/α,β-unsaturated/α-hetero) is 1. The molecule has 3 rings (SSSR count). The molecule has 1 aliphatic carbocycles. The van der Waals surface area contributed by atoms with Gasteiger partial charge in [-0.15, -0.1) is 0 Å². The van der Waals surface area contributed by atoms with Crippen molar-refractivity contribution in [3.05, 3.63) is 28.5 Å². The summed E-state index contributed by atoms with van der Waals surface area (Å²) >= 11 is 5.88. The van der Waals surface area contributed by atoms with E-state index in [2.05, 4.69) is 0 Å². The van der Waals surface area contributed by atoms with E-state index < -0.39 is 29.7 Å². The maximum Gasteiger partial charge on any atom is 0.299 e. The molecule has 1 aromatic rings. The fraction of sp³-hybridized carbons (Fsp3) is 0.385. The molecule has 1 N–H and O–H groups in total. The molecular weight excluding hydrogens is 273 g/mol. The first-order valence-electron chi connectivity index (χ1n) is 6.06. The molecule has 6 heteroatoms. The summed E-state index contributed by atoms with van der Waals surface area (Å²) in [6, 6.07) is 1.84. The second-order valence-electron chi connectivity index (χ2n) is 4.82. The highest BCUT2D eigenvalue weighted by Gasteiger charge is 2.46. The molecule has 2 atom stereocenters. The minimum atomic E-state index is -0.812. The van der Waals surface area contributed by atoms with E-state index in [1.165, 1.54) is 6.07 Å². The third-order valence-electron chi connectivity index (χ3n) is 3.73. The number of carbonyl (C=O) groups is 2. The number of rotatable bonds is 1. The van der Waals surface area contributed by atoms with Crippen LogP contribution in [0.15, 0.2) is 12.1 Å². The second kappa shape index (κ2) is 4.28. The average Bonchev–Trinajstić information content (AvgIpc) is 2.89. The van der Waals surface area contributed by atoms with Crippen LogP contribution in [0.1, 0.15) is 29.6 Å². The topological polar surface area (TPSA) is 57.6 Å². The number of hydrogen-bond donors (Lipinski definition) is 1. The van der Waals surface area contributed by atoms with E-state index in [4.69, 9.17) is 11.6 Å². The highest BCUT2D eigenvalue weighted by atomic mass is 35.5. The van der Waals surface area contributed by atoms with E-state index in [9.17, 15) is 19.1 Å². The molecule has 0 spiro atoms. The van der Waals surface area contributed by atoms with Crippen molar-refractivity contribution in [3.8, 4) is 0 Å². The standard InChI is InChI=1S/C13H11ClFNO3/c14-6-4-5-7(15)11-10(6)12(18)13(19)16(11)8-2-1-3-9(8)17/h4-5,8-9,17H,1-3H2/t8-,9-/m0/s1. The first-order valence-corrected chi connectivity index (χ1v) is 6.44. The van der Waals surface area contributed by atoms with Gasteiger partial charge in [-0.2, -0.15) is 0 Å². The van der Waals surface area contributed by atoms with Crippen LogP contribution in [0.2, 0.25) is 5.02 Å². The normalized spacial score (nSPS) is 26.2. The Morgan fingerprint density at radius 1 is 1.32 bits per heavy atom. The van der Waals surface area contributed by atoms with E-state index >= 15 is 0 Å². The van der Waals surface area contributed by atoms with Gasteiger partial charge in [0.2, 0.25) is 0 Å². The Hall–Kier alpha value is -1.46. The SMILES string of the molecule is O=C1C(=O)N([C@H]2CCC[C@@H]2O)c2c(F)ccc(Cl)c21. The largest absolute Gasteiger partial charge is 0.391 e. The lowest BCUT2D eigenvalue weighted by atomic mass is 10.1. The zero-order chi connectivity index (χ0) is 13.7. The van der Waals surface area contributed by atoms with Crippen LogP contribution in [0.5, 0.6) is 0 Å². The summed E-state index contributed by atoms with van der Waals surface area (Å²) in [7, 11) is 0. The predicted octanol–water partition coefficient (Wildman–Crippen LogP) is 1.92. The van der Waals surface area contributed by atoms with Gasteiger partial charge in [-0.05, 0) is 31.4 Å². The quantitative estimate of drug-likeness (QED) is 0.801. The fourth-order valence-electron chi connectivity index (χ4n) is 2.85. The molecule has 1 aliphatic heterocycles. The van der Waals surface area contributed by atoms with E-state index in [-0.39, 0.29) is 16.3 Å². The molecule has 100 valence electrons. The van der Waals surface area contributed by atoms with Gasteiger partial charge >= 0.3 is 0 Å². The lowest BCUT2D eigenvalue weighted by Gasteiger charge is -2.27. The zero-order valence-corrected chi connectivity index (χ0v) is 10.7.